The molecule has 0 aliphatic carbocycles. The molecule has 29 heavy (non-hydrogen) atoms. The number of hydrogen-bond donors (Lipinski definition) is 1. The van der Waals surface area contributed by atoms with E-state index in [-0.39, 0.29) is 5.75 Å². The molecule has 0 aliphatic rings. The third-order valence-electron chi connectivity index (χ3n) is 3.78. The monoisotopic (exact) mass is 446 g/mol. The fourth-order valence-corrected chi connectivity index (χ4v) is 3.30. The highest BCUT2D eigenvalue weighted by Gasteiger charge is 2.84. The number of alkyl halides is 6. The Morgan fingerprint density at radius 1 is 0.897 bits per heavy atom. The highest BCUT2D eigenvalue weighted by atomic mass is 32.2. The van der Waals surface area contributed by atoms with Crippen molar-refractivity contribution in [1.29, 1.82) is 0 Å². The number of rotatable bonds is 6. The van der Waals surface area contributed by atoms with E-state index in [1.165, 1.54) is 12.1 Å². The van der Waals surface area contributed by atoms with Crippen molar-refractivity contribution in [3.8, 4) is 5.75 Å². The van der Waals surface area contributed by atoms with Gasteiger partial charge in [-0.1, -0.05) is 30.3 Å². The molecule has 0 saturated heterocycles. The molecule has 0 radical (unpaired) electrons. The van der Waals surface area contributed by atoms with Gasteiger partial charge in [-0.3, -0.25) is 4.55 Å². The van der Waals surface area contributed by atoms with E-state index in [9.17, 15) is 39.6 Å². The lowest BCUT2D eigenvalue weighted by molar-refractivity contribution is -0.268. The van der Waals surface area contributed by atoms with Crippen molar-refractivity contribution in [3.63, 3.8) is 0 Å². The molecule has 0 aliphatic heterocycles. The standard InChI is InChI=1S/C16H12F6O6S/c17-15(18,19)14(16(20,21)22,29(24,25)26)13(23)28-8-7-27-12-6-5-10-3-1-2-4-11(10)9-12/h1-6,9H,7-8H2,(H,24,25,26). The second-order valence-corrected chi connectivity index (χ2v) is 7.21. The number of ether oxygens (including phenoxy) is 2. The molecule has 1 N–H and O–H groups in total. The summed E-state index contributed by atoms with van der Waals surface area (Å²) >= 11 is 0. The fourth-order valence-electron chi connectivity index (χ4n) is 2.44. The average Bonchev–Trinajstić information content (AvgIpc) is 2.55. The van der Waals surface area contributed by atoms with Crippen molar-refractivity contribution in [2.45, 2.75) is 17.1 Å². The minimum absolute atomic E-state index is 0.174. The SMILES string of the molecule is O=C(OCCOc1ccc2ccccc2c1)C(C(F)(F)F)(C(F)(F)F)S(=O)(=O)O. The molecule has 13 heteroatoms. The summed E-state index contributed by atoms with van der Waals surface area (Å²) in [5, 5.41) is 1.56. The van der Waals surface area contributed by atoms with Crippen molar-refractivity contribution in [3.05, 3.63) is 42.5 Å². The minimum atomic E-state index is -7.02. The van der Waals surface area contributed by atoms with Gasteiger partial charge in [0.1, 0.15) is 19.0 Å². The third-order valence-corrected chi connectivity index (χ3v) is 5.18. The molecular weight excluding hydrogens is 434 g/mol. The predicted octanol–water partition coefficient (Wildman–Crippen LogP) is 3.51. The Labute approximate surface area is 159 Å². The summed E-state index contributed by atoms with van der Waals surface area (Å²) in [6.45, 7) is -1.82. The second-order valence-electron chi connectivity index (χ2n) is 5.65. The maximum Gasteiger partial charge on any atom is 0.430 e. The van der Waals surface area contributed by atoms with Crippen LogP contribution in [0.5, 0.6) is 5.75 Å². The van der Waals surface area contributed by atoms with Gasteiger partial charge in [-0.25, -0.2) is 4.79 Å². The van der Waals surface area contributed by atoms with Crippen molar-refractivity contribution in [2.24, 2.45) is 0 Å². The van der Waals surface area contributed by atoms with Crippen LogP contribution in [0.15, 0.2) is 42.5 Å². The molecule has 0 heterocycles. The molecule has 0 spiro atoms. The Kier molecular flexibility index (Phi) is 6.04. The molecule has 0 atom stereocenters. The van der Waals surface area contributed by atoms with Gasteiger partial charge in [0.2, 0.25) is 0 Å². The van der Waals surface area contributed by atoms with E-state index in [0.29, 0.717) is 0 Å². The number of hydrogen-bond acceptors (Lipinski definition) is 5. The highest BCUT2D eigenvalue weighted by Crippen LogP contribution is 2.49. The second kappa shape index (κ2) is 7.71. The summed E-state index contributed by atoms with van der Waals surface area (Å²) in [4.78, 5) is 11.5. The molecule has 2 rings (SSSR count). The van der Waals surface area contributed by atoms with Gasteiger partial charge >= 0.3 is 33.2 Å². The first-order valence-corrected chi connectivity index (χ1v) is 9.05. The Hall–Kier alpha value is -2.54. The van der Waals surface area contributed by atoms with E-state index in [0.717, 1.165) is 10.8 Å². The van der Waals surface area contributed by atoms with Crippen molar-refractivity contribution < 1.29 is 53.6 Å². The third kappa shape index (κ3) is 4.24. The summed E-state index contributed by atoms with van der Waals surface area (Å²) < 4.78 is 111. The van der Waals surface area contributed by atoms with E-state index in [4.69, 9.17) is 9.29 Å². The van der Waals surface area contributed by atoms with Crippen LogP contribution in [0.2, 0.25) is 0 Å². The van der Waals surface area contributed by atoms with Crippen LogP contribution < -0.4 is 4.74 Å². The molecule has 160 valence electrons. The van der Waals surface area contributed by atoms with Crippen LogP contribution in [-0.4, -0.2) is 49.3 Å². The Balaban J connectivity index is 2.14. The molecule has 2 aromatic rings. The lowest BCUT2D eigenvalue weighted by Crippen LogP contribution is -2.67. The number of benzene rings is 2. The summed E-state index contributed by atoms with van der Waals surface area (Å²) in [6.07, 6.45) is -13.5. The Bertz CT molecular complexity index is 985. The first-order chi connectivity index (χ1) is 13.2. The molecule has 0 unspecified atom stereocenters. The molecule has 0 bridgehead atoms. The zero-order valence-corrected chi connectivity index (χ0v) is 14.9. The molecular formula is C16H12F6O6S. The first kappa shape index (κ1) is 22.7. The largest absolute Gasteiger partial charge is 0.490 e. The van der Waals surface area contributed by atoms with Crippen LogP contribution in [0.25, 0.3) is 10.8 Å². The summed E-state index contributed by atoms with van der Waals surface area (Å²) in [6, 6.07) is 11.6. The van der Waals surface area contributed by atoms with Gasteiger partial charge in [-0.2, -0.15) is 34.8 Å². The van der Waals surface area contributed by atoms with Crippen LogP contribution >= 0.6 is 0 Å². The predicted molar refractivity (Wildman–Crippen MR) is 86.8 cm³/mol. The number of halogens is 6. The van der Waals surface area contributed by atoms with E-state index >= 15 is 0 Å². The van der Waals surface area contributed by atoms with Gasteiger partial charge < -0.3 is 9.47 Å². The van der Waals surface area contributed by atoms with Gasteiger partial charge in [0.15, 0.2) is 0 Å². The molecule has 2 aromatic carbocycles. The van der Waals surface area contributed by atoms with E-state index < -0.39 is 46.4 Å². The van der Waals surface area contributed by atoms with Gasteiger partial charge in [0.25, 0.3) is 0 Å². The quantitative estimate of drug-likeness (QED) is 0.316. The van der Waals surface area contributed by atoms with Gasteiger partial charge in [-0.15, -0.1) is 0 Å². The normalized spacial score (nSPS) is 13.3. The number of fused-ring (bicyclic) bond motifs is 1. The number of esters is 1. The topological polar surface area (TPSA) is 89.9 Å². The average molecular weight is 446 g/mol. The van der Waals surface area contributed by atoms with Gasteiger partial charge in [-0.05, 0) is 22.9 Å². The van der Waals surface area contributed by atoms with Gasteiger partial charge in [0.05, 0.1) is 0 Å². The van der Waals surface area contributed by atoms with Crippen molar-refractivity contribution in [1.82, 2.24) is 0 Å². The minimum Gasteiger partial charge on any atom is -0.490 e. The molecule has 0 aromatic heterocycles. The lowest BCUT2D eigenvalue weighted by Gasteiger charge is -2.31. The molecule has 0 amide bonds. The van der Waals surface area contributed by atoms with Crippen molar-refractivity contribution in [2.75, 3.05) is 13.2 Å². The summed E-state index contributed by atoms with van der Waals surface area (Å²) in [5.41, 5.74) is 0. The highest BCUT2D eigenvalue weighted by molar-refractivity contribution is 7.88. The van der Waals surface area contributed by atoms with Crippen molar-refractivity contribution >= 4 is 26.9 Å². The zero-order chi connectivity index (χ0) is 22.1. The smallest absolute Gasteiger partial charge is 0.430 e. The fraction of sp³-hybridized carbons (Fsp3) is 0.312. The molecule has 0 saturated carbocycles. The summed E-state index contributed by atoms with van der Waals surface area (Å²) in [7, 11) is -7.02. The maximum atomic E-state index is 12.9. The van der Waals surface area contributed by atoms with Crippen LogP contribution in [0.3, 0.4) is 0 Å². The van der Waals surface area contributed by atoms with Crippen LogP contribution in [0.1, 0.15) is 0 Å². The summed E-state index contributed by atoms with van der Waals surface area (Å²) in [5.74, 6) is -3.06. The van der Waals surface area contributed by atoms with Crippen LogP contribution in [0.4, 0.5) is 26.3 Å². The van der Waals surface area contributed by atoms with E-state index in [1.54, 1.807) is 30.3 Å². The number of carbonyl (C=O) groups excluding carboxylic acids is 1. The van der Waals surface area contributed by atoms with Crippen LogP contribution in [-0.2, 0) is 19.6 Å². The first-order valence-electron chi connectivity index (χ1n) is 7.61. The Morgan fingerprint density at radius 2 is 1.45 bits per heavy atom. The Morgan fingerprint density at radius 3 is 1.97 bits per heavy atom. The van der Waals surface area contributed by atoms with E-state index in [1.807, 2.05) is 0 Å². The molecule has 0 fully saturated rings. The maximum absolute atomic E-state index is 12.9. The van der Waals surface area contributed by atoms with Crippen LogP contribution in [0, 0.1) is 0 Å². The number of carbonyl (C=O) groups is 1. The van der Waals surface area contributed by atoms with Gasteiger partial charge in [0, 0.05) is 0 Å². The zero-order valence-electron chi connectivity index (χ0n) is 14.1. The van der Waals surface area contributed by atoms with E-state index in [2.05, 4.69) is 4.74 Å². The lowest BCUT2D eigenvalue weighted by atomic mass is 10.1. The molecule has 6 nitrogen and oxygen atoms in total.